The van der Waals surface area contributed by atoms with Crippen molar-refractivity contribution in [3.8, 4) is 0 Å². The molecule has 0 aliphatic rings. The van der Waals surface area contributed by atoms with E-state index in [4.69, 9.17) is 0 Å². The molecule has 0 fully saturated rings. The number of anilines is 1. The normalized spacial score (nSPS) is 11.3. The predicted octanol–water partition coefficient (Wildman–Crippen LogP) is 6.54. The van der Waals surface area contributed by atoms with Gasteiger partial charge in [-0.2, -0.15) is 0 Å². The second-order valence-electron chi connectivity index (χ2n) is 8.52. The number of benzene rings is 3. The highest BCUT2D eigenvalue weighted by atomic mass is 16.5. The molecule has 0 aliphatic heterocycles. The van der Waals surface area contributed by atoms with Gasteiger partial charge in [0.25, 0.3) is 0 Å². The second-order valence-corrected chi connectivity index (χ2v) is 8.52. The first-order valence-corrected chi connectivity index (χ1v) is 11.4. The molecule has 0 spiro atoms. The summed E-state index contributed by atoms with van der Waals surface area (Å²) >= 11 is 0. The molecular formula is C30H31NO3. The maximum atomic E-state index is 13.0. The topological polar surface area (TPSA) is 46.6 Å². The number of hydrogen-bond acceptors (Lipinski definition) is 3. The number of esters is 1. The number of hydrogen-bond donors (Lipinski definition) is 0. The lowest BCUT2D eigenvalue weighted by atomic mass is 10.1. The lowest BCUT2D eigenvalue weighted by Gasteiger charge is -2.25. The Labute approximate surface area is 202 Å². The maximum Gasteiger partial charge on any atom is 0.330 e. The molecule has 0 saturated carbocycles. The Bertz CT molecular complexity index is 1170. The quantitative estimate of drug-likeness (QED) is 0.221. The summed E-state index contributed by atoms with van der Waals surface area (Å²) in [6, 6.07) is 24.2. The van der Waals surface area contributed by atoms with Crippen molar-refractivity contribution in [3.63, 3.8) is 0 Å². The summed E-state index contributed by atoms with van der Waals surface area (Å²) in [5.74, 6) is -0.527. The molecule has 0 N–H and O–H groups in total. The standard InChI is InChI=1S/C30H31NO3/c1-22(2)30(33)31(28-7-5-6-26(20-28)18-19-29(32)34-4)21-27-16-14-25(15-17-27)13-12-24-10-8-23(3)9-11-24/h5-20,22H,21H2,1-4H3/b13-12+,19-18+. The molecule has 0 radical (unpaired) electrons. The largest absolute Gasteiger partial charge is 0.466 e. The van der Waals surface area contributed by atoms with Crippen molar-refractivity contribution in [2.24, 2.45) is 5.92 Å². The van der Waals surface area contributed by atoms with Crippen LogP contribution in [0.2, 0.25) is 0 Å². The highest BCUT2D eigenvalue weighted by Gasteiger charge is 2.19. The Hall–Kier alpha value is -3.92. The van der Waals surface area contributed by atoms with Gasteiger partial charge in [-0.3, -0.25) is 4.79 Å². The Balaban J connectivity index is 1.79. The van der Waals surface area contributed by atoms with Crippen LogP contribution in [0.15, 0.2) is 78.9 Å². The van der Waals surface area contributed by atoms with Crippen LogP contribution >= 0.6 is 0 Å². The molecule has 3 rings (SSSR count). The SMILES string of the molecule is COC(=O)/C=C/c1cccc(N(Cc2ccc(/C=C/c3ccc(C)cc3)cc2)C(=O)C(C)C)c1. The number of nitrogens with zero attached hydrogens (tertiary/aromatic N) is 1. The summed E-state index contributed by atoms with van der Waals surface area (Å²) in [4.78, 5) is 26.3. The number of rotatable bonds is 8. The van der Waals surface area contributed by atoms with Crippen LogP contribution < -0.4 is 4.90 Å². The van der Waals surface area contributed by atoms with E-state index in [-0.39, 0.29) is 11.8 Å². The van der Waals surface area contributed by atoms with Crippen molar-refractivity contribution in [1.82, 2.24) is 0 Å². The van der Waals surface area contributed by atoms with Crippen LogP contribution in [-0.2, 0) is 20.9 Å². The summed E-state index contributed by atoms with van der Waals surface area (Å²) < 4.78 is 4.66. The van der Waals surface area contributed by atoms with E-state index in [1.54, 1.807) is 11.0 Å². The van der Waals surface area contributed by atoms with E-state index in [1.165, 1.54) is 18.7 Å². The molecule has 4 nitrogen and oxygen atoms in total. The zero-order valence-electron chi connectivity index (χ0n) is 20.2. The van der Waals surface area contributed by atoms with Crippen molar-refractivity contribution in [2.45, 2.75) is 27.3 Å². The van der Waals surface area contributed by atoms with Crippen LogP contribution in [0.1, 0.15) is 41.7 Å². The third-order valence-electron chi connectivity index (χ3n) is 5.42. The smallest absolute Gasteiger partial charge is 0.330 e. The maximum absolute atomic E-state index is 13.0. The fraction of sp³-hybridized carbons (Fsp3) is 0.200. The van der Waals surface area contributed by atoms with Gasteiger partial charge in [0.1, 0.15) is 0 Å². The zero-order chi connectivity index (χ0) is 24.5. The first kappa shape index (κ1) is 24.7. The van der Waals surface area contributed by atoms with E-state index in [1.807, 2.05) is 38.1 Å². The van der Waals surface area contributed by atoms with E-state index in [2.05, 4.69) is 72.3 Å². The average molecular weight is 454 g/mol. The van der Waals surface area contributed by atoms with Crippen LogP contribution in [-0.4, -0.2) is 19.0 Å². The number of amides is 1. The van der Waals surface area contributed by atoms with E-state index in [9.17, 15) is 9.59 Å². The Morgan fingerprint density at radius 3 is 2.06 bits per heavy atom. The van der Waals surface area contributed by atoms with Gasteiger partial charge in [-0.15, -0.1) is 0 Å². The predicted molar refractivity (Wildman–Crippen MR) is 140 cm³/mol. The molecule has 0 atom stereocenters. The minimum Gasteiger partial charge on any atom is -0.466 e. The molecule has 1 amide bonds. The number of ether oxygens (including phenoxy) is 1. The van der Waals surface area contributed by atoms with E-state index < -0.39 is 5.97 Å². The second kappa shape index (κ2) is 11.8. The Kier molecular flexibility index (Phi) is 8.58. The average Bonchev–Trinajstić information content (AvgIpc) is 2.86. The van der Waals surface area contributed by atoms with Gasteiger partial charge in [0.2, 0.25) is 5.91 Å². The Morgan fingerprint density at radius 2 is 1.47 bits per heavy atom. The number of methoxy groups -OCH3 is 1. The minimum atomic E-state index is -0.419. The van der Waals surface area contributed by atoms with Crippen LogP contribution in [0.25, 0.3) is 18.2 Å². The van der Waals surface area contributed by atoms with E-state index in [0.717, 1.165) is 27.9 Å². The number of aryl methyl sites for hydroxylation is 1. The number of carbonyl (C=O) groups is 2. The van der Waals surface area contributed by atoms with Crippen molar-refractivity contribution < 1.29 is 14.3 Å². The molecule has 34 heavy (non-hydrogen) atoms. The molecule has 174 valence electrons. The van der Waals surface area contributed by atoms with Crippen LogP contribution in [0.3, 0.4) is 0 Å². The zero-order valence-corrected chi connectivity index (χ0v) is 20.2. The van der Waals surface area contributed by atoms with Gasteiger partial charge in [0.05, 0.1) is 13.7 Å². The van der Waals surface area contributed by atoms with Crippen LogP contribution in [0.5, 0.6) is 0 Å². The molecule has 0 unspecified atom stereocenters. The summed E-state index contributed by atoms with van der Waals surface area (Å²) in [5.41, 5.74) is 6.14. The summed E-state index contributed by atoms with van der Waals surface area (Å²) in [6.07, 6.45) is 7.23. The fourth-order valence-corrected chi connectivity index (χ4v) is 3.42. The summed E-state index contributed by atoms with van der Waals surface area (Å²) in [7, 11) is 1.34. The summed E-state index contributed by atoms with van der Waals surface area (Å²) in [6.45, 7) is 6.34. The molecule has 0 bridgehead atoms. The van der Waals surface area contributed by atoms with E-state index >= 15 is 0 Å². The van der Waals surface area contributed by atoms with Gasteiger partial charge in [-0.1, -0.05) is 92.2 Å². The fourth-order valence-electron chi connectivity index (χ4n) is 3.42. The van der Waals surface area contributed by atoms with Gasteiger partial charge in [-0.05, 0) is 47.4 Å². The third-order valence-corrected chi connectivity index (χ3v) is 5.42. The van der Waals surface area contributed by atoms with Crippen molar-refractivity contribution in [3.05, 3.63) is 107 Å². The molecule has 0 aromatic heterocycles. The molecule has 3 aromatic rings. The highest BCUT2D eigenvalue weighted by molar-refractivity contribution is 5.95. The van der Waals surface area contributed by atoms with E-state index in [0.29, 0.717) is 6.54 Å². The monoisotopic (exact) mass is 453 g/mol. The van der Waals surface area contributed by atoms with Crippen LogP contribution in [0, 0.1) is 12.8 Å². The lowest BCUT2D eigenvalue weighted by molar-refractivity contribution is -0.134. The molecule has 3 aromatic carbocycles. The van der Waals surface area contributed by atoms with Crippen molar-refractivity contribution in [1.29, 1.82) is 0 Å². The minimum absolute atomic E-state index is 0.0393. The first-order chi connectivity index (χ1) is 16.4. The molecular weight excluding hydrogens is 422 g/mol. The van der Waals surface area contributed by atoms with Gasteiger partial charge >= 0.3 is 5.97 Å². The van der Waals surface area contributed by atoms with Crippen molar-refractivity contribution in [2.75, 3.05) is 12.0 Å². The first-order valence-electron chi connectivity index (χ1n) is 11.4. The third kappa shape index (κ3) is 7.04. The Morgan fingerprint density at radius 1 is 0.853 bits per heavy atom. The lowest BCUT2D eigenvalue weighted by Crippen LogP contribution is -2.33. The summed E-state index contributed by atoms with van der Waals surface area (Å²) in [5, 5.41) is 0. The molecule has 4 heteroatoms. The van der Waals surface area contributed by atoms with Crippen LogP contribution in [0.4, 0.5) is 5.69 Å². The molecule has 0 saturated heterocycles. The number of carbonyl (C=O) groups excluding carboxylic acids is 2. The van der Waals surface area contributed by atoms with Gasteiger partial charge in [0, 0.05) is 17.7 Å². The van der Waals surface area contributed by atoms with Gasteiger partial charge in [0.15, 0.2) is 0 Å². The molecule has 0 heterocycles. The highest BCUT2D eigenvalue weighted by Crippen LogP contribution is 2.23. The van der Waals surface area contributed by atoms with Gasteiger partial charge in [-0.25, -0.2) is 4.79 Å². The van der Waals surface area contributed by atoms with Crippen molar-refractivity contribution >= 4 is 35.8 Å². The van der Waals surface area contributed by atoms with Gasteiger partial charge < -0.3 is 9.64 Å². The molecule has 0 aliphatic carbocycles.